The van der Waals surface area contributed by atoms with Gasteiger partial charge in [0.15, 0.2) is 0 Å². The van der Waals surface area contributed by atoms with Gasteiger partial charge in [0.2, 0.25) is 0 Å². The Morgan fingerprint density at radius 3 is 1.94 bits per heavy atom. The summed E-state index contributed by atoms with van der Waals surface area (Å²) in [6.45, 7) is 9.83. The summed E-state index contributed by atoms with van der Waals surface area (Å²) in [5.41, 5.74) is -0.774. The number of carbonyl (C=O) groups excluding carboxylic acids is 3. The number of alkyl carbamates (subject to hydrolysis) is 1. The lowest BCUT2D eigenvalue weighted by atomic mass is 9.75. The molecule has 200 valence electrons. The van der Waals surface area contributed by atoms with Crippen LogP contribution in [0.25, 0.3) is 0 Å². The second kappa shape index (κ2) is 15.1. The number of nitrogens with one attached hydrogen (secondary N) is 2. The molecular weight excluding hydrogens is 448 g/mol. The first-order chi connectivity index (χ1) is 16.7. The third-order valence-electron chi connectivity index (χ3n) is 7.25. The largest absolute Gasteiger partial charge is 0.459 e. The highest BCUT2D eigenvalue weighted by Crippen LogP contribution is 2.35. The van der Waals surface area contributed by atoms with Gasteiger partial charge in [-0.3, -0.25) is 4.79 Å². The molecule has 2 fully saturated rings. The molecule has 8 heteroatoms. The maximum Gasteiger partial charge on any atom is 0.407 e. The summed E-state index contributed by atoms with van der Waals surface area (Å²) in [5, 5.41) is 6.14. The molecule has 0 saturated heterocycles. The Morgan fingerprint density at radius 1 is 0.857 bits per heavy atom. The fourth-order valence-corrected chi connectivity index (χ4v) is 5.00. The summed E-state index contributed by atoms with van der Waals surface area (Å²) in [6, 6.07) is 0.391. The van der Waals surface area contributed by atoms with Crippen LogP contribution < -0.4 is 10.6 Å². The molecule has 0 aromatic carbocycles. The zero-order valence-corrected chi connectivity index (χ0v) is 21.9. The molecule has 2 N–H and O–H groups in total. The predicted octanol–water partition coefficient (Wildman–Crippen LogP) is 4.66. The van der Waals surface area contributed by atoms with Crippen molar-refractivity contribution in [3.8, 4) is 0 Å². The van der Waals surface area contributed by atoms with E-state index in [-0.39, 0.29) is 31.2 Å². The van der Waals surface area contributed by atoms with Gasteiger partial charge >= 0.3 is 12.1 Å². The average Bonchev–Trinajstić information content (AvgIpc) is 2.84. The summed E-state index contributed by atoms with van der Waals surface area (Å²) >= 11 is 0. The predicted molar refractivity (Wildman–Crippen MR) is 135 cm³/mol. The molecule has 2 aliphatic carbocycles. The van der Waals surface area contributed by atoms with Crippen LogP contribution in [0.2, 0.25) is 0 Å². The second-order valence-electron chi connectivity index (χ2n) is 10.5. The van der Waals surface area contributed by atoms with Gasteiger partial charge < -0.3 is 24.8 Å². The maximum atomic E-state index is 12.6. The molecule has 35 heavy (non-hydrogen) atoms. The Morgan fingerprint density at radius 2 is 1.40 bits per heavy atom. The van der Waals surface area contributed by atoms with Gasteiger partial charge in [-0.05, 0) is 89.9 Å². The van der Waals surface area contributed by atoms with Crippen LogP contribution in [0.3, 0.4) is 0 Å². The van der Waals surface area contributed by atoms with Crippen molar-refractivity contribution >= 4 is 18.0 Å². The van der Waals surface area contributed by atoms with Crippen molar-refractivity contribution in [2.45, 2.75) is 109 Å². The van der Waals surface area contributed by atoms with Crippen LogP contribution >= 0.6 is 0 Å². The van der Waals surface area contributed by atoms with Crippen molar-refractivity contribution in [3.05, 3.63) is 12.7 Å². The molecule has 2 rings (SSSR count). The van der Waals surface area contributed by atoms with E-state index in [0.717, 1.165) is 76.2 Å². The second-order valence-corrected chi connectivity index (χ2v) is 10.5. The van der Waals surface area contributed by atoms with E-state index in [1.165, 1.54) is 6.42 Å². The van der Waals surface area contributed by atoms with Crippen molar-refractivity contribution in [1.29, 1.82) is 0 Å². The molecule has 0 unspecified atom stereocenters. The van der Waals surface area contributed by atoms with Gasteiger partial charge in [-0.25, -0.2) is 9.59 Å². The van der Waals surface area contributed by atoms with Gasteiger partial charge in [-0.15, -0.1) is 0 Å². The van der Waals surface area contributed by atoms with Crippen molar-refractivity contribution in [2.75, 3.05) is 19.8 Å². The van der Waals surface area contributed by atoms with Crippen molar-refractivity contribution in [2.24, 2.45) is 11.8 Å². The van der Waals surface area contributed by atoms with Crippen molar-refractivity contribution < 1.29 is 28.6 Å². The van der Waals surface area contributed by atoms with Crippen LogP contribution in [-0.4, -0.2) is 55.5 Å². The number of hydrogen-bond acceptors (Lipinski definition) is 6. The molecule has 0 aromatic rings. The fourth-order valence-electron chi connectivity index (χ4n) is 5.00. The summed E-state index contributed by atoms with van der Waals surface area (Å²) < 4.78 is 15.7. The molecule has 0 spiro atoms. The lowest BCUT2D eigenvalue weighted by Crippen LogP contribution is -2.49. The first-order valence-electron chi connectivity index (χ1n) is 13.4. The van der Waals surface area contributed by atoms with E-state index < -0.39 is 17.7 Å². The van der Waals surface area contributed by atoms with Crippen LogP contribution in [0, 0.1) is 11.8 Å². The van der Waals surface area contributed by atoms with E-state index in [4.69, 9.17) is 14.2 Å². The van der Waals surface area contributed by atoms with Gasteiger partial charge in [0, 0.05) is 24.8 Å². The Balaban J connectivity index is 1.58. The highest BCUT2D eigenvalue weighted by atomic mass is 16.6. The normalized spacial score (nSPS) is 24.8. The highest BCUT2D eigenvalue weighted by molar-refractivity contribution is 5.84. The highest BCUT2D eigenvalue weighted by Gasteiger charge is 2.32. The topological polar surface area (TPSA) is 103 Å². The van der Waals surface area contributed by atoms with Gasteiger partial charge in [-0.2, -0.15) is 0 Å². The SMILES string of the molecule is C=CC(=O)OCCOC(=O)NC1CCC(CC2CCC(NC(=O)C(C)(C)OCCCC)CC2)CC1. The molecule has 2 saturated carbocycles. The molecule has 0 atom stereocenters. The minimum absolute atomic E-state index is 0.000759. The van der Waals surface area contributed by atoms with E-state index >= 15 is 0 Å². The minimum atomic E-state index is -0.774. The number of unbranched alkanes of at least 4 members (excludes halogenated alkanes) is 1. The zero-order chi connectivity index (χ0) is 25.7. The maximum absolute atomic E-state index is 12.6. The molecule has 0 heterocycles. The van der Waals surface area contributed by atoms with E-state index in [1.807, 2.05) is 13.8 Å². The molecular formula is C27H46N2O6. The molecule has 2 aliphatic rings. The van der Waals surface area contributed by atoms with E-state index in [0.29, 0.717) is 12.5 Å². The zero-order valence-electron chi connectivity index (χ0n) is 21.9. The van der Waals surface area contributed by atoms with Gasteiger partial charge in [-0.1, -0.05) is 19.9 Å². The lowest BCUT2D eigenvalue weighted by Gasteiger charge is -2.35. The van der Waals surface area contributed by atoms with Crippen LogP contribution in [0.4, 0.5) is 4.79 Å². The summed E-state index contributed by atoms with van der Waals surface area (Å²) in [7, 11) is 0. The quantitative estimate of drug-likeness (QED) is 0.219. The summed E-state index contributed by atoms with van der Waals surface area (Å²) in [4.78, 5) is 35.5. The van der Waals surface area contributed by atoms with E-state index in [1.54, 1.807) is 0 Å². The molecule has 0 radical (unpaired) electrons. The van der Waals surface area contributed by atoms with E-state index in [9.17, 15) is 14.4 Å². The van der Waals surface area contributed by atoms with Crippen molar-refractivity contribution in [3.63, 3.8) is 0 Å². The molecule has 0 aromatic heterocycles. The van der Waals surface area contributed by atoms with E-state index in [2.05, 4.69) is 24.1 Å². The molecule has 0 bridgehead atoms. The number of hydrogen-bond donors (Lipinski definition) is 2. The minimum Gasteiger partial charge on any atom is -0.459 e. The van der Waals surface area contributed by atoms with Gasteiger partial charge in [0.05, 0.1) is 0 Å². The van der Waals surface area contributed by atoms with Crippen LogP contribution in [0.1, 0.15) is 91.4 Å². The summed E-state index contributed by atoms with van der Waals surface area (Å²) in [5.74, 6) is 0.889. The van der Waals surface area contributed by atoms with Gasteiger partial charge in [0.1, 0.15) is 18.8 Å². The third kappa shape index (κ3) is 11.0. The Bertz CT molecular complexity index is 679. The molecule has 2 amide bonds. The standard InChI is InChI=1S/C27H46N2O6/c1-5-7-16-35-27(3,4)25(31)28-22-12-8-20(9-13-22)19-21-10-14-23(15-11-21)29-26(32)34-18-17-33-24(30)6-2/h6,20-23H,2,5,7-19H2,1,3-4H3,(H,28,31)(H,29,32). The fraction of sp³-hybridized carbons (Fsp3) is 0.815. The number of rotatable bonds is 13. The lowest BCUT2D eigenvalue weighted by molar-refractivity contribution is -0.144. The average molecular weight is 495 g/mol. The smallest absolute Gasteiger partial charge is 0.407 e. The molecule has 8 nitrogen and oxygen atoms in total. The Labute approximate surface area is 210 Å². The Kier molecular flexibility index (Phi) is 12.6. The van der Waals surface area contributed by atoms with Crippen molar-refractivity contribution in [1.82, 2.24) is 10.6 Å². The number of esters is 1. The number of ether oxygens (including phenoxy) is 3. The van der Waals surface area contributed by atoms with Crippen LogP contribution in [0.15, 0.2) is 12.7 Å². The monoisotopic (exact) mass is 494 g/mol. The van der Waals surface area contributed by atoms with Crippen LogP contribution in [-0.2, 0) is 23.8 Å². The Hall–Kier alpha value is -2.09. The first kappa shape index (κ1) is 29.1. The first-order valence-corrected chi connectivity index (χ1v) is 13.4. The number of carbonyl (C=O) groups is 3. The molecule has 0 aliphatic heterocycles. The number of amides is 2. The van der Waals surface area contributed by atoms with Gasteiger partial charge in [0.25, 0.3) is 5.91 Å². The van der Waals surface area contributed by atoms with Crippen LogP contribution in [0.5, 0.6) is 0 Å². The summed E-state index contributed by atoms with van der Waals surface area (Å²) in [6.07, 6.45) is 12.4. The third-order valence-corrected chi connectivity index (χ3v) is 7.25.